The van der Waals surface area contributed by atoms with Gasteiger partial charge >= 0.3 is 0 Å². The van der Waals surface area contributed by atoms with E-state index in [9.17, 15) is 23.3 Å². The van der Waals surface area contributed by atoms with Gasteiger partial charge in [0.1, 0.15) is 10.6 Å². The van der Waals surface area contributed by atoms with Crippen LogP contribution in [0.2, 0.25) is 0 Å². The maximum atomic E-state index is 12.9. The lowest BCUT2D eigenvalue weighted by molar-refractivity contribution is -0.385. The standard InChI is InChI=1S/C20H25N5O6S/c1-3-24-20(13(2)18(21-24)19(26)23-10-4-5-11-23)31-16-9-8-15(25(27)28)12-17(16)32(29,30)22-14-6-7-14/h8-9,12,14,22H,3-7,10-11H2,1-2H3. The second-order valence-corrected chi connectivity index (χ2v) is 9.66. The number of nitro groups is 1. The molecule has 2 fully saturated rings. The first-order valence-corrected chi connectivity index (χ1v) is 12.0. The van der Waals surface area contributed by atoms with Crippen LogP contribution in [0.15, 0.2) is 23.1 Å². The van der Waals surface area contributed by atoms with E-state index in [1.807, 2.05) is 6.92 Å². The molecule has 1 aliphatic heterocycles. The number of nitrogens with zero attached hydrogens (tertiary/aromatic N) is 4. The number of likely N-dealkylation sites (tertiary alicyclic amines) is 1. The van der Waals surface area contributed by atoms with Crippen molar-refractivity contribution < 1.29 is 22.9 Å². The van der Waals surface area contributed by atoms with Gasteiger partial charge in [0.25, 0.3) is 11.6 Å². The minimum atomic E-state index is -4.04. The summed E-state index contributed by atoms with van der Waals surface area (Å²) in [5, 5.41) is 15.6. The number of nitro benzene ring substituents is 1. The van der Waals surface area contributed by atoms with Crippen molar-refractivity contribution in [1.29, 1.82) is 0 Å². The van der Waals surface area contributed by atoms with Gasteiger partial charge in [-0.1, -0.05) is 0 Å². The van der Waals surface area contributed by atoms with Crippen LogP contribution in [-0.4, -0.2) is 53.1 Å². The Bertz CT molecular complexity index is 1170. The summed E-state index contributed by atoms with van der Waals surface area (Å²) >= 11 is 0. The molecule has 1 amide bonds. The van der Waals surface area contributed by atoms with Gasteiger partial charge in [-0.05, 0) is 45.6 Å². The molecule has 172 valence electrons. The normalized spacial score (nSPS) is 16.4. The third kappa shape index (κ3) is 4.32. The van der Waals surface area contributed by atoms with Crippen molar-refractivity contribution in [2.24, 2.45) is 0 Å². The number of ether oxygens (including phenoxy) is 1. The summed E-state index contributed by atoms with van der Waals surface area (Å²) in [6.07, 6.45) is 3.32. The number of rotatable bonds is 8. The summed E-state index contributed by atoms with van der Waals surface area (Å²) in [7, 11) is -4.04. The highest BCUT2D eigenvalue weighted by Crippen LogP contribution is 2.35. The molecule has 0 unspecified atom stereocenters. The molecular formula is C20H25N5O6S. The summed E-state index contributed by atoms with van der Waals surface area (Å²) in [5.41, 5.74) is 0.380. The number of amides is 1. The lowest BCUT2D eigenvalue weighted by atomic mass is 10.2. The zero-order valence-electron chi connectivity index (χ0n) is 17.9. The summed E-state index contributed by atoms with van der Waals surface area (Å²) in [5.74, 6) is -0.0302. The highest BCUT2D eigenvalue weighted by atomic mass is 32.2. The number of hydrogen-bond donors (Lipinski definition) is 1. The van der Waals surface area contributed by atoms with Gasteiger partial charge < -0.3 is 9.64 Å². The zero-order valence-corrected chi connectivity index (χ0v) is 18.7. The average Bonchev–Trinajstić information content (AvgIpc) is 3.27. The Balaban J connectivity index is 1.73. The Morgan fingerprint density at radius 1 is 1.31 bits per heavy atom. The van der Waals surface area contributed by atoms with E-state index in [0.29, 0.717) is 38.0 Å². The van der Waals surface area contributed by atoms with Crippen molar-refractivity contribution >= 4 is 21.6 Å². The fourth-order valence-corrected chi connectivity index (χ4v) is 5.10. The largest absolute Gasteiger partial charge is 0.438 e. The topological polar surface area (TPSA) is 137 Å². The molecule has 2 heterocycles. The fraction of sp³-hybridized carbons (Fsp3) is 0.500. The quantitative estimate of drug-likeness (QED) is 0.469. The molecule has 2 aliphatic rings. The molecule has 11 nitrogen and oxygen atoms in total. The van der Waals surface area contributed by atoms with E-state index >= 15 is 0 Å². The van der Waals surface area contributed by atoms with E-state index in [1.54, 1.807) is 11.8 Å². The summed E-state index contributed by atoms with van der Waals surface area (Å²) < 4.78 is 35.8. The first-order chi connectivity index (χ1) is 15.2. The summed E-state index contributed by atoms with van der Waals surface area (Å²) in [6, 6.07) is 3.25. The van der Waals surface area contributed by atoms with E-state index in [0.717, 1.165) is 18.9 Å². The van der Waals surface area contributed by atoms with Crippen LogP contribution in [0.1, 0.15) is 48.7 Å². The van der Waals surface area contributed by atoms with Crippen LogP contribution >= 0.6 is 0 Å². The molecule has 32 heavy (non-hydrogen) atoms. The molecular weight excluding hydrogens is 438 g/mol. The van der Waals surface area contributed by atoms with Gasteiger partial charge in [0.2, 0.25) is 15.9 Å². The van der Waals surface area contributed by atoms with Gasteiger partial charge in [-0.3, -0.25) is 14.9 Å². The number of aryl methyl sites for hydroxylation is 1. The van der Waals surface area contributed by atoms with Crippen LogP contribution in [0.25, 0.3) is 0 Å². The molecule has 1 aliphatic carbocycles. The van der Waals surface area contributed by atoms with Crippen LogP contribution in [0.5, 0.6) is 11.6 Å². The SMILES string of the molecule is CCn1nc(C(=O)N2CCCC2)c(C)c1Oc1ccc([N+](=O)[O-])cc1S(=O)(=O)NC1CC1. The van der Waals surface area contributed by atoms with Gasteiger partial charge in [0.15, 0.2) is 5.69 Å². The van der Waals surface area contributed by atoms with E-state index in [1.165, 1.54) is 16.8 Å². The third-order valence-corrected chi connectivity index (χ3v) is 7.10. The molecule has 0 atom stereocenters. The van der Waals surface area contributed by atoms with Crippen LogP contribution in [0.4, 0.5) is 5.69 Å². The van der Waals surface area contributed by atoms with Crippen LogP contribution < -0.4 is 9.46 Å². The van der Waals surface area contributed by atoms with Crippen molar-refractivity contribution in [2.45, 2.75) is 57.0 Å². The highest BCUT2D eigenvalue weighted by Gasteiger charge is 2.32. The number of hydrogen-bond acceptors (Lipinski definition) is 7. The van der Waals surface area contributed by atoms with Gasteiger partial charge in [0.05, 0.1) is 4.92 Å². The number of sulfonamides is 1. The predicted molar refractivity (Wildman–Crippen MR) is 114 cm³/mol. The van der Waals surface area contributed by atoms with Gasteiger partial charge in [-0.25, -0.2) is 17.8 Å². The Labute approximate surface area is 185 Å². The van der Waals surface area contributed by atoms with Crippen molar-refractivity contribution in [3.05, 3.63) is 39.6 Å². The number of carbonyl (C=O) groups is 1. The molecule has 1 N–H and O–H groups in total. The Morgan fingerprint density at radius 3 is 2.59 bits per heavy atom. The minimum Gasteiger partial charge on any atom is -0.438 e. The van der Waals surface area contributed by atoms with E-state index < -0.39 is 14.9 Å². The van der Waals surface area contributed by atoms with E-state index in [4.69, 9.17) is 4.74 Å². The Morgan fingerprint density at radius 2 is 2.00 bits per heavy atom. The van der Waals surface area contributed by atoms with E-state index in [-0.39, 0.29) is 39.9 Å². The maximum absolute atomic E-state index is 12.9. The number of non-ortho nitro benzene ring substituents is 1. The molecule has 1 aromatic heterocycles. The monoisotopic (exact) mass is 463 g/mol. The number of nitrogens with one attached hydrogen (secondary N) is 1. The van der Waals surface area contributed by atoms with Gasteiger partial charge in [-0.15, -0.1) is 0 Å². The highest BCUT2D eigenvalue weighted by molar-refractivity contribution is 7.89. The number of carbonyl (C=O) groups excluding carboxylic acids is 1. The van der Waals surface area contributed by atoms with Crippen LogP contribution in [-0.2, 0) is 16.6 Å². The number of aromatic nitrogens is 2. The molecule has 1 saturated heterocycles. The van der Waals surface area contributed by atoms with Crippen molar-refractivity contribution in [1.82, 2.24) is 19.4 Å². The number of benzene rings is 1. The smallest absolute Gasteiger partial charge is 0.274 e. The third-order valence-electron chi connectivity index (χ3n) is 5.56. The molecule has 0 spiro atoms. The second kappa shape index (κ2) is 8.51. The van der Waals surface area contributed by atoms with Crippen LogP contribution in [0, 0.1) is 17.0 Å². The summed E-state index contributed by atoms with van der Waals surface area (Å²) in [4.78, 5) is 24.9. The molecule has 1 aromatic carbocycles. The Hall–Kier alpha value is -2.99. The van der Waals surface area contributed by atoms with Gasteiger partial charge in [0, 0.05) is 43.4 Å². The first kappa shape index (κ1) is 22.2. The molecule has 12 heteroatoms. The lowest BCUT2D eigenvalue weighted by Gasteiger charge is -2.14. The van der Waals surface area contributed by atoms with Crippen molar-refractivity contribution in [2.75, 3.05) is 13.1 Å². The maximum Gasteiger partial charge on any atom is 0.274 e. The van der Waals surface area contributed by atoms with Gasteiger partial charge in [-0.2, -0.15) is 5.10 Å². The van der Waals surface area contributed by atoms with Crippen molar-refractivity contribution in [3.8, 4) is 11.6 Å². The Kier molecular flexibility index (Phi) is 5.91. The first-order valence-electron chi connectivity index (χ1n) is 10.6. The van der Waals surface area contributed by atoms with Crippen LogP contribution in [0.3, 0.4) is 0 Å². The average molecular weight is 464 g/mol. The zero-order chi connectivity index (χ0) is 23.0. The molecule has 4 rings (SSSR count). The minimum absolute atomic E-state index is 0.0679. The molecule has 0 bridgehead atoms. The predicted octanol–water partition coefficient (Wildman–Crippen LogP) is 2.59. The lowest BCUT2D eigenvalue weighted by Crippen LogP contribution is -2.28. The molecule has 1 saturated carbocycles. The second-order valence-electron chi connectivity index (χ2n) is 7.98. The van der Waals surface area contributed by atoms with E-state index in [2.05, 4.69) is 9.82 Å². The van der Waals surface area contributed by atoms with Crippen molar-refractivity contribution in [3.63, 3.8) is 0 Å². The summed E-state index contributed by atoms with van der Waals surface area (Å²) in [6.45, 7) is 5.25. The molecule has 2 aromatic rings. The fourth-order valence-electron chi connectivity index (χ4n) is 3.65. The molecule has 0 radical (unpaired) electrons.